The highest BCUT2D eigenvalue weighted by molar-refractivity contribution is 7.16. The number of rotatable bonds is 5. The minimum atomic E-state index is -0.215. The molecule has 0 bridgehead atoms. The van der Waals surface area contributed by atoms with Crippen molar-refractivity contribution < 1.29 is 9.53 Å². The maximum atomic E-state index is 12.5. The molecule has 1 aromatic heterocycles. The van der Waals surface area contributed by atoms with Crippen LogP contribution in [0.5, 0.6) is 5.75 Å². The first-order valence-electron chi connectivity index (χ1n) is 7.75. The third-order valence-corrected chi connectivity index (χ3v) is 4.38. The van der Waals surface area contributed by atoms with Crippen molar-refractivity contribution in [2.24, 2.45) is 0 Å². The average molecular weight is 338 g/mol. The molecule has 122 valence electrons. The number of para-hydroxylation sites is 1. The standard InChI is InChI=1S/C19H18N2O2S/c1-3-23-16-12-8-7-11-15(16)18(22)21-19-20-17(13(2)24-19)14-9-5-4-6-10-14/h4-12H,3H2,1-2H3,(H,20,21,22). The van der Waals surface area contributed by atoms with Gasteiger partial charge in [-0.3, -0.25) is 10.1 Å². The Balaban J connectivity index is 1.83. The number of nitrogens with zero attached hydrogens (tertiary/aromatic N) is 1. The Hall–Kier alpha value is -2.66. The Bertz CT molecular complexity index is 844. The van der Waals surface area contributed by atoms with E-state index in [-0.39, 0.29) is 5.91 Å². The van der Waals surface area contributed by atoms with E-state index in [4.69, 9.17) is 4.74 Å². The lowest BCUT2D eigenvalue weighted by atomic mass is 10.1. The van der Waals surface area contributed by atoms with Gasteiger partial charge in [-0.2, -0.15) is 0 Å². The molecule has 0 saturated heterocycles. The summed E-state index contributed by atoms with van der Waals surface area (Å²) in [5.74, 6) is 0.362. The Morgan fingerprint density at radius 1 is 1.12 bits per heavy atom. The Kier molecular flexibility index (Phi) is 4.91. The number of aromatic nitrogens is 1. The Morgan fingerprint density at radius 2 is 1.83 bits per heavy atom. The van der Waals surface area contributed by atoms with Crippen LogP contribution in [0.25, 0.3) is 11.3 Å². The molecule has 0 atom stereocenters. The topological polar surface area (TPSA) is 51.2 Å². The van der Waals surface area contributed by atoms with Crippen molar-refractivity contribution in [3.63, 3.8) is 0 Å². The molecular weight excluding hydrogens is 320 g/mol. The van der Waals surface area contributed by atoms with E-state index in [9.17, 15) is 4.79 Å². The molecule has 0 aliphatic heterocycles. The van der Waals surface area contributed by atoms with Crippen LogP contribution < -0.4 is 10.1 Å². The molecule has 1 heterocycles. The zero-order valence-electron chi connectivity index (χ0n) is 13.6. The van der Waals surface area contributed by atoms with Gasteiger partial charge in [0.15, 0.2) is 5.13 Å². The zero-order chi connectivity index (χ0) is 16.9. The first kappa shape index (κ1) is 16.2. The summed E-state index contributed by atoms with van der Waals surface area (Å²) in [4.78, 5) is 18.2. The first-order chi connectivity index (χ1) is 11.7. The fourth-order valence-electron chi connectivity index (χ4n) is 2.41. The van der Waals surface area contributed by atoms with Gasteiger partial charge in [0.05, 0.1) is 17.9 Å². The van der Waals surface area contributed by atoms with Crippen LogP contribution in [0.4, 0.5) is 5.13 Å². The second-order valence-corrected chi connectivity index (χ2v) is 6.38. The van der Waals surface area contributed by atoms with E-state index in [1.54, 1.807) is 12.1 Å². The fraction of sp³-hybridized carbons (Fsp3) is 0.158. The highest BCUT2D eigenvalue weighted by Gasteiger charge is 2.15. The van der Waals surface area contributed by atoms with E-state index in [1.165, 1.54) is 11.3 Å². The highest BCUT2D eigenvalue weighted by Crippen LogP contribution is 2.30. The molecule has 24 heavy (non-hydrogen) atoms. The number of anilines is 1. The number of hydrogen-bond acceptors (Lipinski definition) is 4. The molecule has 0 aliphatic rings. The number of hydrogen-bond donors (Lipinski definition) is 1. The second kappa shape index (κ2) is 7.27. The van der Waals surface area contributed by atoms with Crippen LogP contribution in [0.15, 0.2) is 54.6 Å². The van der Waals surface area contributed by atoms with E-state index < -0.39 is 0 Å². The van der Waals surface area contributed by atoms with Crippen molar-refractivity contribution in [1.82, 2.24) is 4.98 Å². The minimum Gasteiger partial charge on any atom is -0.493 e. The molecule has 0 saturated carbocycles. The summed E-state index contributed by atoms with van der Waals surface area (Å²) in [5, 5.41) is 3.46. The van der Waals surface area contributed by atoms with Gasteiger partial charge in [0.2, 0.25) is 0 Å². The van der Waals surface area contributed by atoms with Crippen LogP contribution in [0, 0.1) is 6.92 Å². The van der Waals surface area contributed by atoms with Gasteiger partial charge in [-0.15, -0.1) is 11.3 Å². The lowest BCUT2D eigenvalue weighted by molar-refractivity contribution is 0.102. The predicted molar refractivity (Wildman–Crippen MR) is 97.9 cm³/mol. The monoisotopic (exact) mass is 338 g/mol. The molecule has 0 aliphatic carbocycles. The van der Waals surface area contributed by atoms with Crippen LogP contribution >= 0.6 is 11.3 Å². The van der Waals surface area contributed by atoms with E-state index in [0.717, 1.165) is 16.1 Å². The van der Waals surface area contributed by atoms with Crippen molar-refractivity contribution in [3.05, 3.63) is 65.0 Å². The molecule has 0 spiro atoms. The van der Waals surface area contributed by atoms with Gasteiger partial charge in [0, 0.05) is 10.4 Å². The number of amides is 1. The quantitative estimate of drug-likeness (QED) is 0.729. The van der Waals surface area contributed by atoms with Crippen molar-refractivity contribution in [2.75, 3.05) is 11.9 Å². The van der Waals surface area contributed by atoms with E-state index in [1.807, 2.05) is 56.3 Å². The van der Waals surface area contributed by atoms with Crippen molar-refractivity contribution in [3.8, 4) is 17.0 Å². The van der Waals surface area contributed by atoms with E-state index in [2.05, 4.69) is 10.3 Å². The molecule has 1 N–H and O–H groups in total. The van der Waals surface area contributed by atoms with E-state index in [0.29, 0.717) is 23.1 Å². The van der Waals surface area contributed by atoms with Gasteiger partial charge in [-0.05, 0) is 26.0 Å². The summed E-state index contributed by atoms with van der Waals surface area (Å²) in [6, 6.07) is 17.2. The number of thiazole rings is 1. The average Bonchev–Trinajstić information content (AvgIpc) is 2.96. The molecule has 0 radical (unpaired) electrons. The largest absolute Gasteiger partial charge is 0.493 e. The van der Waals surface area contributed by atoms with Crippen LogP contribution in [-0.2, 0) is 0 Å². The molecule has 1 amide bonds. The molecule has 5 heteroatoms. The van der Waals surface area contributed by atoms with Crippen LogP contribution in [0.1, 0.15) is 22.2 Å². The summed E-state index contributed by atoms with van der Waals surface area (Å²) >= 11 is 1.47. The number of carbonyl (C=O) groups is 1. The third-order valence-electron chi connectivity index (χ3n) is 3.50. The summed E-state index contributed by atoms with van der Waals surface area (Å²) in [6.07, 6.45) is 0. The van der Waals surface area contributed by atoms with Gasteiger partial charge in [-0.1, -0.05) is 42.5 Å². The summed E-state index contributed by atoms with van der Waals surface area (Å²) < 4.78 is 5.52. The van der Waals surface area contributed by atoms with Gasteiger partial charge in [0.25, 0.3) is 5.91 Å². The second-order valence-electron chi connectivity index (χ2n) is 5.17. The summed E-state index contributed by atoms with van der Waals surface area (Å²) in [6.45, 7) is 4.41. The highest BCUT2D eigenvalue weighted by atomic mass is 32.1. The molecular formula is C19H18N2O2S. The van der Waals surface area contributed by atoms with Gasteiger partial charge < -0.3 is 4.74 Å². The molecule has 3 aromatic rings. The fourth-order valence-corrected chi connectivity index (χ4v) is 3.24. The van der Waals surface area contributed by atoms with Crippen molar-refractivity contribution in [1.29, 1.82) is 0 Å². The SMILES string of the molecule is CCOc1ccccc1C(=O)Nc1nc(-c2ccccc2)c(C)s1. The van der Waals surface area contributed by atoms with Crippen LogP contribution in [-0.4, -0.2) is 17.5 Å². The zero-order valence-corrected chi connectivity index (χ0v) is 14.4. The van der Waals surface area contributed by atoms with Gasteiger partial charge >= 0.3 is 0 Å². The van der Waals surface area contributed by atoms with Crippen LogP contribution in [0.2, 0.25) is 0 Å². The van der Waals surface area contributed by atoms with Crippen LogP contribution in [0.3, 0.4) is 0 Å². The summed E-state index contributed by atoms with van der Waals surface area (Å²) in [7, 11) is 0. The normalized spacial score (nSPS) is 10.4. The number of nitrogens with one attached hydrogen (secondary N) is 1. The molecule has 4 nitrogen and oxygen atoms in total. The number of benzene rings is 2. The van der Waals surface area contributed by atoms with E-state index >= 15 is 0 Å². The number of ether oxygens (including phenoxy) is 1. The molecule has 0 unspecified atom stereocenters. The maximum Gasteiger partial charge on any atom is 0.261 e. The molecule has 0 fully saturated rings. The summed E-state index contributed by atoms with van der Waals surface area (Å²) in [5.41, 5.74) is 2.45. The Morgan fingerprint density at radius 3 is 2.58 bits per heavy atom. The smallest absolute Gasteiger partial charge is 0.261 e. The molecule has 2 aromatic carbocycles. The van der Waals surface area contributed by atoms with Crippen molar-refractivity contribution in [2.45, 2.75) is 13.8 Å². The maximum absolute atomic E-state index is 12.5. The van der Waals surface area contributed by atoms with Gasteiger partial charge in [-0.25, -0.2) is 4.98 Å². The lowest BCUT2D eigenvalue weighted by Crippen LogP contribution is -2.13. The lowest BCUT2D eigenvalue weighted by Gasteiger charge is -2.08. The third kappa shape index (κ3) is 3.46. The molecule has 3 rings (SSSR count). The van der Waals surface area contributed by atoms with Gasteiger partial charge in [0.1, 0.15) is 5.75 Å². The first-order valence-corrected chi connectivity index (χ1v) is 8.56. The predicted octanol–water partition coefficient (Wildman–Crippen LogP) is 4.77. The number of carbonyl (C=O) groups excluding carboxylic acids is 1. The minimum absolute atomic E-state index is 0.215. The number of aryl methyl sites for hydroxylation is 1. The van der Waals surface area contributed by atoms with Crippen molar-refractivity contribution >= 4 is 22.4 Å². The Labute approximate surface area is 145 Å².